The molecule has 0 aliphatic rings. The summed E-state index contributed by atoms with van der Waals surface area (Å²) in [7, 11) is 0. The van der Waals surface area contributed by atoms with Crippen LogP contribution in [-0.4, -0.2) is 0 Å². The Morgan fingerprint density at radius 2 is 1.57 bits per heavy atom. The van der Waals surface area contributed by atoms with Gasteiger partial charge in [-0.05, 0) is 52.9 Å². The third kappa shape index (κ3) is 3.52. The van der Waals surface area contributed by atoms with Crippen molar-refractivity contribution < 1.29 is 0 Å². The Morgan fingerprint density at radius 3 is 2.38 bits per heavy atom. The molecular formula is C19H18BrN. The predicted octanol–water partition coefficient (Wildman–Crippen LogP) is 5.23. The minimum atomic E-state index is 0.0817. The maximum absolute atomic E-state index is 6.35. The van der Waals surface area contributed by atoms with E-state index in [1.165, 1.54) is 21.9 Å². The summed E-state index contributed by atoms with van der Waals surface area (Å²) in [6, 6.07) is 23.4. The Balaban J connectivity index is 1.75. The summed E-state index contributed by atoms with van der Waals surface area (Å²) in [4.78, 5) is 0. The average Bonchev–Trinajstić information content (AvgIpc) is 2.53. The van der Waals surface area contributed by atoms with Gasteiger partial charge in [-0.25, -0.2) is 0 Å². The van der Waals surface area contributed by atoms with Crippen molar-refractivity contribution in [2.24, 2.45) is 5.73 Å². The van der Waals surface area contributed by atoms with Gasteiger partial charge in [-0.15, -0.1) is 0 Å². The molecule has 0 aliphatic carbocycles. The lowest BCUT2D eigenvalue weighted by molar-refractivity contribution is 0.652. The number of aryl methyl sites for hydroxylation is 1. The third-order valence-corrected chi connectivity index (χ3v) is 4.33. The molecule has 3 aromatic carbocycles. The number of rotatable bonds is 4. The number of hydrogen-bond donors (Lipinski definition) is 1. The fourth-order valence-corrected chi connectivity index (χ4v) is 2.98. The molecular weight excluding hydrogens is 322 g/mol. The molecule has 0 fully saturated rings. The molecule has 0 aromatic heterocycles. The highest BCUT2D eigenvalue weighted by Crippen LogP contribution is 2.24. The first kappa shape index (κ1) is 14.3. The first-order valence-corrected chi connectivity index (χ1v) is 8.00. The van der Waals surface area contributed by atoms with E-state index < -0.39 is 0 Å². The fourth-order valence-electron chi connectivity index (χ4n) is 2.60. The Kier molecular flexibility index (Phi) is 4.37. The topological polar surface area (TPSA) is 26.0 Å². The normalized spacial score (nSPS) is 12.5. The van der Waals surface area contributed by atoms with Gasteiger partial charge < -0.3 is 5.73 Å². The van der Waals surface area contributed by atoms with Crippen molar-refractivity contribution in [2.75, 3.05) is 0 Å². The summed E-state index contributed by atoms with van der Waals surface area (Å²) in [5, 5.41) is 2.48. The molecule has 1 atom stereocenters. The molecule has 0 heterocycles. The van der Waals surface area contributed by atoms with Crippen molar-refractivity contribution in [3.05, 3.63) is 82.3 Å². The van der Waals surface area contributed by atoms with Crippen LogP contribution in [0, 0.1) is 0 Å². The van der Waals surface area contributed by atoms with Gasteiger partial charge in [0.15, 0.2) is 0 Å². The van der Waals surface area contributed by atoms with Gasteiger partial charge in [0, 0.05) is 10.5 Å². The van der Waals surface area contributed by atoms with Gasteiger partial charge in [0.05, 0.1) is 0 Å². The highest BCUT2D eigenvalue weighted by atomic mass is 79.9. The SMILES string of the molecule is NC(CCc1ccccc1)c1ccc2cc(Br)ccc2c1. The van der Waals surface area contributed by atoms with Gasteiger partial charge >= 0.3 is 0 Å². The molecule has 0 spiro atoms. The van der Waals surface area contributed by atoms with Gasteiger partial charge in [0.25, 0.3) is 0 Å². The Bertz CT molecular complexity index is 737. The zero-order valence-corrected chi connectivity index (χ0v) is 13.4. The van der Waals surface area contributed by atoms with E-state index in [9.17, 15) is 0 Å². The summed E-state index contributed by atoms with van der Waals surface area (Å²) in [6.07, 6.45) is 1.98. The van der Waals surface area contributed by atoms with Gasteiger partial charge in [0.2, 0.25) is 0 Å². The average molecular weight is 340 g/mol. The van der Waals surface area contributed by atoms with Crippen LogP contribution in [0.5, 0.6) is 0 Å². The van der Waals surface area contributed by atoms with Crippen LogP contribution in [-0.2, 0) is 6.42 Å². The van der Waals surface area contributed by atoms with Crippen LogP contribution in [0.25, 0.3) is 10.8 Å². The van der Waals surface area contributed by atoms with E-state index in [1.807, 2.05) is 6.07 Å². The zero-order valence-electron chi connectivity index (χ0n) is 11.8. The molecule has 21 heavy (non-hydrogen) atoms. The van der Waals surface area contributed by atoms with E-state index >= 15 is 0 Å². The fraction of sp³-hybridized carbons (Fsp3) is 0.158. The minimum absolute atomic E-state index is 0.0817. The molecule has 0 radical (unpaired) electrons. The third-order valence-electron chi connectivity index (χ3n) is 3.84. The number of hydrogen-bond acceptors (Lipinski definition) is 1. The summed E-state index contributed by atoms with van der Waals surface area (Å²) in [5.74, 6) is 0. The first-order valence-electron chi connectivity index (χ1n) is 7.21. The van der Waals surface area contributed by atoms with Crippen LogP contribution in [0.4, 0.5) is 0 Å². The molecule has 0 saturated heterocycles. The van der Waals surface area contributed by atoms with Crippen LogP contribution < -0.4 is 5.73 Å². The molecule has 2 N–H and O–H groups in total. The lowest BCUT2D eigenvalue weighted by atomic mass is 9.97. The maximum Gasteiger partial charge on any atom is 0.0298 e. The van der Waals surface area contributed by atoms with E-state index in [2.05, 4.69) is 76.6 Å². The van der Waals surface area contributed by atoms with Crippen molar-refractivity contribution in [3.8, 4) is 0 Å². The molecule has 0 amide bonds. The summed E-state index contributed by atoms with van der Waals surface area (Å²) in [6.45, 7) is 0. The molecule has 0 saturated carbocycles. The second-order valence-corrected chi connectivity index (χ2v) is 6.30. The highest BCUT2D eigenvalue weighted by molar-refractivity contribution is 9.10. The summed E-state index contributed by atoms with van der Waals surface area (Å²) in [5.41, 5.74) is 8.91. The second-order valence-electron chi connectivity index (χ2n) is 5.38. The molecule has 2 heteroatoms. The minimum Gasteiger partial charge on any atom is -0.324 e. The van der Waals surface area contributed by atoms with Crippen molar-refractivity contribution in [2.45, 2.75) is 18.9 Å². The Hall–Kier alpha value is -1.64. The lowest BCUT2D eigenvalue weighted by Crippen LogP contribution is -2.11. The lowest BCUT2D eigenvalue weighted by Gasteiger charge is -2.13. The quantitative estimate of drug-likeness (QED) is 0.691. The molecule has 3 aromatic rings. The van der Waals surface area contributed by atoms with Crippen molar-refractivity contribution in [1.82, 2.24) is 0 Å². The van der Waals surface area contributed by atoms with Gasteiger partial charge in [-0.1, -0.05) is 64.5 Å². The van der Waals surface area contributed by atoms with Gasteiger partial charge in [-0.2, -0.15) is 0 Å². The zero-order chi connectivity index (χ0) is 14.7. The van der Waals surface area contributed by atoms with E-state index in [0.717, 1.165) is 17.3 Å². The molecule has 106 valence electrons. The monoisotopic (exact) mass is 339 g/mol. The Morgan fingerprint density at radius 1 is 0.857 bits per heavy atom. The van der Waals surface area contributed by atoms with Gasteiger partial charge in [-0.3, -0.25) is 0 Å². The molecule has 1 nitrogen and oxygen atoms in total. The molecule has 0 aliphatic heterocycles. The van der Waals surface area contributed by atoms with E-state index in [0.29, 0.717) is 0 Å². The molecule has 0 bridgehead atoms. The highest BCUT2D eigenvalue weighted by Gasteiger charge is 2.07. The molecule has 3 rings (SSSR count). The van der Waals surface area contributed by atoms with Crippen molar-refractivity contribution >= 4 is 26.7 Å². The predicted molar refractivity (Wildman–Crippen MR) is 93.3 cm³/mol. The van der Waals surface area contributed by atoms with E-state index in [4.69, 9.17) is 5.73 Å². The van der Waals surface area contributed by atoms with E-state index in [-0.39, 0.29) is 6.04 Å². The van der Waals surface area contributed by atoms with Crippen LogP contribution in [0.1, 0.15) is 23.6 Å². The number of nitrogens with two attached hydrogens (primary N) is 1. The summed E-state index contributed by atoms with van der Waals surface area (Å²) >= 11 is 3.51. The smallest absolute Gasteiger partial charge is 0.0298 e. The van der Waals surface area contributed by atoms with Crippen LogP contribution >= 0.6 is 15.9 Å². The van der Waals surface area contributed by atoms with Crippen LogP contribution in [0.2, 0.25) is 0 Å². The molecule has 1 unspecified atom stereocenters. The maximum atomic E-state index is 6.35. The first-order chi connectivity index (χ1) is 10.2. The van der Waals surface area contributed by atoms with Gasteiger partial charge in [0.1, 0.15) is 0 Å². The van der Waals surface area contributed by atoms with Crippen LogP contribution in [0.15, 0.2) is 71.2 Å². The Labute approximate surface area is 133 Å². The van der Waals surface area contributed by atoms with Crippen molar-refractivity contribution in [3.63, 3.8) is 0 Å². The second kappa shape index (κ2) is 6.42. The number of halogens is 1. The van der Waals surface area contributed by atoms with Crippen molar-refractivity contribution in [1.29, 1.82) is 0 Å². The number of fused-ring (bicyclic) bond motifs is 1. The standard InChI is InChI=1S/C19H18BrN/c20-18-10-9-15-12-17(8-7-16(15)13-18)19(21)11-6-14-4-2-1-3-5-14/h1-5,7-10,12-13,19H,6,11,21H2. The van der Waals surface area contributed by atoms with Crippen LogP contribution in [0.3, 0.4) is 0 Å². The summed E-state index contributed by atoms with van der Waals surface area (Å²) < 4.78 is 1.11. The number of benzene rings is 3. The largest absolute Gasteiger partial charge is 0.324 e. The van der Waals surface area contributed by atoms with E-state index in [1.54, 1.807) is 0 Å².